The Morgan fingerprint density at radius 3 is 2.81 bits per heavy atom. The van der Waals surface area contributed by atoms with Crippen molar-refractivity contribution in [1.82, 2.24) is 10.2 Å². The Balaban J connectivity index is 1.71. The van der Waals surface area contributed by atoms with Crippen molar-refractivity contribution in [3.05, 3.63) is 35.4 Å². The van der Waals surface area contributed by atoms with E-state index in [2.05, 4.69) is 24.1 Å². The Labute approximate surface area is 126 Å². The van der Waals surface area contributed by atoms with Gasteiger partial charge in [0.15, 0.2) is 0 Å². The maximum atomic E-state index is 10.7. The molecule has 5 unspecified atom stereocenters. The lowest BCUT2D eigenvalue weighted by Gasteiger charge is -2.23. The lowest BCUT2D eigenvalue weighted by atomic mass is 9.87. The Hall–Kier alpha value is -1.23. The fraction of sp³-hybridized carbons (Fsp3) is 0.588. The molecular weight excluding hydrogens is 264 g/mol. The second-order valence-electron chi connectivity index (χ2n) is 6.39. The van der Waals surface area contributed by atoms with Crippen LogP contribution in [0.2, 0.25) is 0 Å². The van der Waals surface area contributed by atoms with Gasteiger partial charge in [0.25, 0.3) is 0 Å². The minimum Gasteiger partial charge on any atom is -0.374 e. The van der Waals surface area contributed by atoms with Gasteiger partial charge in [-0.3, -0.25) is 9.69 Å². The number of hydrogen-bond donors (Lipinski definition) is 2. The van der Waals surface area contributed by atoms with Crippen LogP contribution in [0.5, 0.6) is 0 Å². The molecule has 0 aromatic heterocycles. The average Bonchev–Trinajstić information content (AvgIpc) is 3.12. The Bertz CT molecular complexity index is 516. The number of piperidine rings is 1. The molecule has 0 bridgehead atoms. The van der Waals surface area contributed by atoms with Crippen molar-refractivity contribution >= 4 is 6.29 Å². The lowest BCUT2D eigenvalue weighted by Crippen LogP contribution is -2.32. The summed E-state index contributed by atoms with van der Waals surface area (Å²) in [6, 6.07) is 8.21. The van der Waals surface area contributed by atoms with Crippen LogP contribution in [0.25, 0.3) is 0 Å². The number of carbonyl (C=O) groups is 1. The average molecular weight is 288 g/mol. The van der Waals surface area contributed by atoms with Crippen molar-refractivity contribution in [1.29, 1.82) is 0 Å². The highest BCUT2D eigenvalue weighted by Gasteiger charge is 2.65. The molecule has 2 aliphatic heterocycles. The molecule has 5 atom stereocenters. The first-order valence-electron chi connectivity index (χ1n) is 7.85. The van der Waals surface area contributed by atoms with Gasteiger partial charge < -0.3 is 10.4 Å². The topological polar surface area (TPSA) is 52.3 Å². The van der Waals surface area contributed by atoms with E-state index in [1.165, 1.54) is 5.56 Å². The molecule has 2 heterocycles. The number of fused-ring (bicyclic) bond motifs is 1. The smallest absolute Gasteiger partial charge is 0.150 e. The van der Waals surface area contributed by atoms with E-state index in [9.17, 15) is 9.90 Å². The SMILES string of the molecule is CCNCC1CC(C(C)c2ccc(C=O)cc2)N2CC12O. The molecule has 2 saturated heterocycles. The van der Waals surface area contributed by atoms with Gasteiger partial charge in [-0.15, -0.1) is 0 Å². The molecule has 1 aromatic carbocycles. The Morgan fingerprint density at radius 1 is 1.48 bits per heavy atom. The summed E-state index contributed by atoms with van der Waals surface area (Å²) < 4.78 is 0. The number of aldehydes is 1. The van der Waals surface area contributed by atoms with Crippen molar-refractivity contribution in [3.8, 4) is 0 Å². The molecule has 0 aliphatic carbocycles. The highest BCUT2D eigenvalue weighted by Crippen LogP contribution is 2.52. The maximum absolute atomic E-state index is 10.7. The maximum Gasteiger partial charge on any atom is 0.150 e. The van der Waals surface area contributed by atoms with Crippen molar-refractivity contribution in [2.75, 3.05) is 19.6 Å². The molecule has 2 aliphatic rings. The van der Waals surface area contributed by atoms with Crippen LogP contribution in [0.3, 0.4) is 0 Å². The molecule has 0 radical (unpaired) electrons. The molecular formula is C17H24N2O2. The van der Waals surface area contributed by atoms with Crippen molar-refractivity contribution in [2.45, 2.75) is 38.0 Å². The van der Waals surface area contributed by atoms with Crippen LogP contribution >= 0.6 is 0 Å². The van der Waals surface area contributed by atoms with Crippen molar-refractivity contribution in [3.63, 3.8) is 0 Å². The highest BCUT2D eigenvalue weighted by molar-refractivity contribution is 5.74. The summed E-state index contributed by atoms with van der Waals surface area (Å²) >= 11 is 0. The van der Waals surface area contributed by atoms with Gasteiger partial charge >= 0.3 is 0 Å². The number of nitrogens with zero attached hydrogens (tertiary/aromatic N) is 1. The highest BCUT2D eigenvalue weighted by atomic mass is 16.3. The zero-order chi connectivity index (χ0) is 15.0. The third kappa shape index (κ3) is 2.52. The largest absolute Gasteiger partial charge is 0.374 e. The molecule has 0 saturated carbocycles. The predicted octanol–water partition coefficient (Wildman–Crippen LogP) is 1.60. The molecule has 2 N–H and O–H groups in total. The van der Waals surface area contributed by atoms with Crippen LogP contribution in [0.15, 0.2) is 24.3 Å². The van der Waals surface area contributed by atoms with E-state index < -0.39 is 5.72 Å². The summed E-state index contributed by atoms with van der Waals surface area (Å²) in [4.78, 5) is 13.0. The van der Waals surface area contributed by atoms with Crippen LogP contribution in [0.4, 0.5) is 0 Å². The zero-order valence-electron chi connectivity index (χ0n) is 12.7. The number of hydrogen-bond acceptors (Lipinski definition) is 4. The number of benzene rings is 1. The summed E-state index contributed by atoms with van der Waals surface area (Å²) in [6.45, 7) is 6.94. The van der Waals surface area contributed by atoms with Crippen LogP contribution in [-0.4, -0.2) is 47.7 Å². The van der Waals surface area contributed by atoms with Crippen LogP contribution in [-0.2, 0) is 0 Å². The molecule has 2 fully saturated rings. The van der Waals surface area contributed by atoms with Gasteiger partial charge in [-0.1, -0.05) is 38.1 Å². The number of aliphatic hydroxyl groups is 1. The number of carbonyl (C=O) groups excluding carboxylic acids is 1. The Kier molecular flexibility index (Phi) is 3.86. The minimum absolute atomic E-state index is 0.319. The summed E-state index contributed by atoms with van der Waals surface area (Å²) in [5.74, 6) is 0.686. The summed E-state index contributed by atoms with van der Waals surface area (Å²) in [7, 11) is 0. The molecule has 0 amide bonds. The molecule has 1 aromatic rings. The standard InChI is InChI=1S/C17H24N2O2/c1-3-18-9-15-8-16(19-11-17(15,19)21)12(2)14-6-4-13(10-20)5-7-14/h4-7,10,12,15-16,18,21H,3,8-9,11H2,1-2H3. The fourth-order valence-electron chi connectivity index (χ4n) is 3.73. The van der Waals surface area contributed by atoms with E-state index >= 15 is 0 Å². The third-order valence-electron chi connectivity index (χ3n) is 5.19. The lowest BCUT2D eigenvalue weighted by molar-refractivity contribution is 0.0620. The second-order valence-corrected chi connectivity index (χ2v) is 6.39. The van der Waals surface area contributed by atoms with Crippen LogP contribution in [0.1, 0.15) is 42.1 Å². The van der Waals surface area contributed by atoms with Gasteiger partial charge in [-0.2, -0.15) is 0 Å². The summed E-state index contributed by atoms with van der Waals surface area (Å²) in [6.07, 6.45) is 1.90. The summed E-state index contributed by atoms with van der Waals surface area (Å²) in [5, 5.41) is 14.0. The normalized spacial score (nSPS) is 35.3. The molecule has 0 spiro atoms. The molecule has 4 heteroatoms. The van der Waals surface area contributed by atoms with Crippen molar-refractivity contribution in [2.24, 2.45) is 5.92 Å². The van der Waals surface area contributed by atoms with Crippen LogP contribution in [0, 0.1) is 5.92 Å². The van der Waals surface area contributed by atoms with Gasteiger partial charge in [0.2, 0.25) is 0 Å². The fourth-order valence-corrected chi connectivity index (χ4v) is 3.73. The molecule has 114 valence electrons. The van der Waals surface area contributed by atoms with Gasteiger partial charge in [0, 0.05) is 30.6 Å². The first kappa shape index (κ1) is 14.7. The van der Waals surface area contributed by atoms with E-state index in [1.807, 2.05) is 24.3 Å². The van der Waals surface area contributed by atoms with Crippen LogP contribution < -0.4 is 5.32 Å². The van der Waals surface area contributed by atoms with E-state index in [-0.39, 0.29) is 0 Å². The summed E-state index contributed by atoms with van der Waals surface area (Å²) in [5.41, 5.74) is 1.37. The molecule has 3 rings (SSSR count). The quantitative estimate of drug-likeness (QED) is 0.617. The van der Waals surface area contributed by atoms with Gasteiger partial charge in [0.05, 0.1) is 0 Å². The number of rotatable bonds is 6. The number of nitrogens with one attached hydrogen (secondary N) is 1. The molecule has 4 nitrogen and oxygen atoms in total. The van der Waals surface area contributed by atoms with Gasteiger partial charge in [-0.05, 0) is 24.4 Å². The van der Waals surface area contributed by atoms with Gasteiger partial charge in [-0.25, -0.2) is 0 Å². The van der Waals surface area contributed by atoms with E-state index in [4.69, 9.17) is 0 Å². The van der Waals surface area contributed by atoms with Crippen molar-refractivity contribution < 1.29 is 9.90 Å². The third-order valence-corrected chi connectivity index (χ3v) is 5.19. The second kappa shape index (κ2) is 5.52. The first-order valence-corrected chi connectivity index (χ1v) is 7.85. The Morgan fingerprint density at radius 2 is 2.19 bits per heavy atom. The monoisotopic (exact) mass is 288 g/mol. The minimum atomic E-state index is -0.580. The molecule has 21 heavy (non-hydrogen) atoms. The predicted molar refractivity (Wildman–Crippen MR) is 82.3 cm³/mol. The van der Waals surface area contributed by atoms with E-state index in [0.717, 1.165) is 32.3 Å². The van der Waals surface area contributed by atoms with Gasteiger partial charge in [0.1, 0.15) is 12.0 Å². The zero-order valence-corrected chi connectivity index (χ0v) is 12.7. The van der Waals surface area contributed by atoms with E-state index in [0.29, 0.717) is 23.4 Å². The van der Waals surface area contributed by atoms with E-state index in [1.54, 1.807) is 0 Å². The first-order chi connectivity index (χ1) is 10.1.